The highest BCUT2D eigenvalue weighted by molar-refractivity contribution is 5.89. The third-order valence-electron chi connectivity index (χ3n) is 3.22. The van der Waals surface area contributed by atoms with Crippen LogP contribution >= 0.6 is 0 Å². The first-order chi connectivity index (χ1) is 9.93. The Morgan fingerprint density at radius 3 is 2.29 bits per heavy atom. The second-order valence-corrected chi connectivity index (χ2v) is 5.60. The highest BCUT2D eigenvalue weighted by Gasteiger charge is 2.23. The molecule has 5 nitrogen and oxygen atoms in total. The Morgan fingerprint density at radius 1 is 1.14 bits per heavy atom. The molecule has 116 valence electrons. The Balaban J connectivity index is 2.70. The molecule has 0 aliphatic carbocycles. The summed E-state index contributed by atoms with van der Waals surface area (Å²) >= 11 is 0. The van der Waals surface area contributed by atoms with Crippen molar-refractivity contribution in [2.45, 2.75) is 38.8 Å². The molecule has 1 rings (SSSR count). The first kappa shape index (κ1) is 17.2. The fourth-order valence-electron chi connectivity index (χ4n) is 2.13. The van der Waals surface area contributed by atoms with Crippen LogP contribution < -0.4 is 16.4 Å². The number of carbonyl (C=O) groups excluding carboxylic acids is 2. The summed E-state index contributed by atoms with van der Waals surface area (Å²) < 4.78 is 0. The molecule has 2 atom stereocenters. The molecule has 1 aromatic carbocycles. The Labute approximate surface area is 126 Å². The molecule has 0 radical (unpaired) electrons. The number of amides is 2. The van der Waals surface area contributed by atoms with Gasteiger partial charge in [-0.25, -0.2) is 0 Å². The minimum atomic E-state index is -0.608. The number of benzene rings is 1. The molecule has 21 heavy (non-hydrogen) atoms. The second-order valence-electron chi connectivity index (χ2n) is 5.60. The predicted molar refractivity (Wildman–Crippen MR) is 83.6 cm³/mol. The molecular weight excluding hydrogens is 266 g/mol. The minimum absolute atomic E-state index is 0.219. The van der Waals surface area contributed by atoms with Gasteiger partial charge in [0.25, 0.3) is 0 Å². The van der Waals surface area contributed by atoms with Crippen molar-refractivity contribution in [2.75, 3.05) is 7.05 Å². The molecule has 0 heterocycles. The summed E-state index contributed by atoms with van der Waals surface area (Å²) in [6, 6.07) is 8.38. The van der Waals surface area contributed by atoms with Gasteiger partial charge in [0.05, 0.1) is 6.04 Å². The molecule has 0 bridgehead atoms. The third kappa shape index (κ3) is 5.95. The maximum atomic E-state index is 12.1. The van der Waals surface area contributed by atoms with E-state index in [1.54, 1.807) is 7.05 Å². The Bertz CT molecular complexity index is 460. The third-order valence-corrected chi connectivity index (χ3v) is 3.22. The fraction of sp³-hybridized carbons (Fsp3) is 0.500. The zero-order chi connectivity index (χ0) is 15.8. The topological polar surface area (TPSA) is 84.2 Å². The number of hydrogen-bond acceptors (Lipinski definition) is 3. The molecule has 1 aromatic rings. The van der Waals surface area contributed by atoms with Crippen LogP contribution in [0.25, 0.3) is 0 Å². The number of rotatable bonds is 7. The van der Waals surface area contributed by atoms with Crippen LogP contribution in [0.5, 0.6) is 0 Å². The lowest BCUT2D eigenvalue weighted by molar-refractivity contribution is -0.129. The first-order valence-electron chi connectivity index (χ1n) is 7.25. The van der Waals surface area contributed by atoms with Crippen LogP contribution in [-0.2, 0) is 16.0 Å². The summed E-state index contributed by atoms with van der Waals surface area (Å²) in [5.41, 5.74) is 6.85. The predicted octanol–water partition coefficient (Wildman–Crippen LogP) is 0.833. The van der Waals surface area contributed by atoms with E-state index in [4.69, 9.17) is 5.73 Å². The first-order valence-corrected chi connectivity index (χ1v) is 7.25. The number of carbonyl (C=O) groups is 2. The van der Waals surface area contributed by atoms with Crippen LogP contribution in [0.1, 0.15) is 25.8 Å². The van der Waals surface area contributed by atoms with Gasteiger partial charge in [0.1, 0.15) is 6.04 Å². The van der Waals surface area contributed by atoms with Crippen LogP contribution in [0.3, 0.4) is 0 Å². The van der Waals surface area contributed by atoms with Crippen molar-refractivity contribution in [3.8, 4) is 0 Å². The lowest BCUT2D eigenvalue weighted by Gasteiger charge is -2.20. The summed E-state index contributed by atoms with van der Waals surface area (Å²) in [5.74, 6) is -0.171. The molecule has 5 heteroatoms. The molecule has 0 unspecified atom stereocenters. The van der Waals surface area contributed by atoms with Crippen LogP contribution in [0.4, 0.5) is 0 Å². The number of nitrogens with one attached hydrogen (secondary N) is 2. The summed E-state index contributed by atoms with van der Waals surface area (Å²) in [5, 5.41) is 5.32. The Hall–Kier alpha value is -1.88. The average Bonchev–Trinajstić information content (AvgIpc) is 2.46. The molecular formula is C16H25N3O2. The highest BCUT2D eigenvalue weighted by atomic mass is 16.2. The standard InChI is InChI=1S/C16H25N3O2/c1-11(2)9-13(17)15(20)19-14(16(21)18-3)10-12-7-5-4-6-8-12/h4-8,11,13-14H,9-10,17H2,1-3H3,(H,18,21)(H,19,20)/t13-,14-/m1/s1. The molecule has 0 saturated heterocycles. The van der Waals surface area contributed by atoms with E-state index >= 15 is 0 Å². The lowest BCUT2D eigenvalue weighted by Crippen LogP contribution is -2.52. The molecule has 0 saturated carbocycles. The zero-order valence-electron chi connectivity index (χ0n) is 12.9. The second kappa shape index (κ2) is 8.42. The van der Waals surface area contributed by atoms with E-state index in [1.165, 1.54) is 0 Å². The molecule has 0 aliphatic rings. The lowest BCUT2D eigenvalue weighted by atomic mass is 10.0. The summed E-state index contributed by atoms with van der Waals surface area (Å²) in [6.07, 6.45) is 1.04. The van der Waals surface area contributed by atoms with E-state index in [9.17, 15) is 9.59 Å². The van der Waals surface area contributed by atoms with Gasteiger partial charge in [0, 0.05) is 13.5 Å². The molecule has 2 amide bonds. The van der Waals surface area contributed by atoms with E-state index in [0.717, 1.165) is 5.56 Å². The van der Waals surface area contributed by atoms with Crippen molar-refractivity contribution in [1.29, 1.82) is 0 Å². The van der Waals surface area contributed by atoms with Gasteiger partial charge in [-0.3, -0.25) is 9.59 Å². The van der Waals surface area contributed by atoms with Crippen LogP contribution in [0.2, 0.25) is 0 Å². The zero-order valence-corrected chi connectivity index (χ0v) is 12.9. The van der Waals surface area contributed by atoms with Crippen molar-refractivity contribution < 1.29 is 9.59 Å². The highest BCUT2D eigenvalue weighted by Crippen LogP contribution is 2.06. The van der Waals surface area contributed by atoms with Gasteiger partial charge in [-0.2, -0.15) is 0 Å². The smallest absolute Gasteiger partial charge is 0.242 e. The Kier molecular flexibility index (Phi) is 6.88. The molecule has 4 N–H and O–H groups in total. The molecule has 0 aliphatic heterocycles. The van der Waals surface area contributed by atoms with Gasteiger partial charge in [-0.05, 0) is 17.9 Å². The quantitative estimate of drug-likeness (QED) is 0.696. The fourth-order valence-corrected chi connectivity index (χ4v) is 2.13. The van der Waals surface area contributed by atoms with Crippen molar-refractivity contribution in [3.05, 3.63) is 35.9 Å². The maximum absolute atomic E-state index is 12.1. The van der Waals surface area contributed by atoms with E-state index in [2.05, 4.69) is 10.6 Å². The minimum Gasteiger partial charge on any atom is -0.357 e. The van der Waals surface area contributed by atoms with E-state index in [1.807, 2.05) is 44.2 Å². The number of hydrogen-bond donors (Lipinski definition) is 3. The molecule has 0 fully saturated rings. The van der Waals surface area contributed by atoms with Gasteiger partial charge in [0.2, 0.25) is 11.8 Å². The molecule has 0 spiro atoms. The normalized spacial score (nSPS) is 13.6. The van der Waals surface area contributed by atoms with Gasteiger partial charge in [0.15, 0.2) is 0 Å². The summed E-state index contributed by atoms with van der Waals surface area (Å²) in [6.45, 7) is 4.01. The average molecular weight is 291 g/mol. The van der Waals surface area contributed by atoms with Crippen LogP contribution in [-0.4, -0.2) is 30.9 Å². The summed E-state index contributed by atoms with van der Waals surface area (Å²) in [7, 11) is 1.56. The van der Waals surface area contributed by atoms with Crippen LogP contribution in [0, 0.1) is 5.92 Å². The van der Waals surface area contributed by atoms with Gasteiger partial charge >= 0.3 is 0 Å². The molecule has 0 aromatic heterocycles. The van der Waals surface area contributed by atoms with Crippen molar-refractivity contribution >= 4 is 11.8 Å². The van der Waals surface area contributed by atoms with E-state index in [-0.39, 0.29) is 11.8 Å². The summed E-state index contributed by atoms with van der Waals surface area (Å²) in [4.78, 5) is 24.0. The van der Waals surface area contributed by atoms with E-state index in [0.29, 0.717) is 18.8 Å². The van der Waals surface area contributed by atoms with Crippen molar-refractivity contribution in [2.24, 2.45) is 11.7 Å². The number of likely N-dealkylation sites (N-methyl/N-ethyl adjacent to an activating group) is 1. The largest absolute Gasteiger partial charge is 0.357 e. The van der Waals surface area contributed by atoms with Gasteiger partial charge in [-0.1, -0.05) is 44.2 Å². The van der Waals surface area contributed by atoms with Crippen LogP contribution in [0.15, 0.2) is 30.3 Å². The van der Waals surface area contributed by atoms with Crippen molar-refractivity contribution in [3.63, 3.8) is 0 Å². The van der Waals surface area contributed by atoms with Gasteiger partial charge in [-0.15, -0.1) is 0 Å². The Morgan fingerprint density at radius 2 is 1.76 bits per heavy atom. The van der Waals surface area contributed by atoms with E-state index < -0.39 is 12.1 Å². The SMILES string of the molecule is CNC(=O)[C@@H](Cc1ccccc1)NC(=O)[C@H](N)CC(C)C. The van der Waals surface area contributed by atoms with Crippen molar-refractivity contribution in [1.82, 2.24) is 10.6 Å². The maximum Gasteiger partial charge on any atom is 0.242 e. The van der Waals surface area contributed by atoms with Gasteiger partial charge < -0.3 is 16.4 Å². The number of nitrogens with two attached hydrogens (primary N) is 1. The monoisotopic (exact) mass is 291 g/mol.